The first-order valence-electron chi connectivity index (χ1n) is 5.61. The van der Waals surface area contributed by atoms with Gasteiger partial charge in [-0.2, -0.15) is 0 Å². The first-order chi connectivity index (χ1) is 7.39. The maximum Gasteiger partial charge on any atom is 0.154 e. The Hall–Kier alpha value is -0.170. The lowest BCUT2D eigenvalue weighted by atomic mass is 10.3. The first-order valence-corrected chi connectivity index (χ1v) is 7.43. The van der Waals surface area contributed by atoms with Crippen LogP contribution in [0.4, 0.5) is 0 Å². The Bertz CT molecular complexity index is 302. The summed E-state index contributed by atoms with van der Waals surface area (Å²) in [5, 5.41) is 9.54. The molecule has 1 heterocycles. The Kier molecular flexibility index (Phi) is 5.17. The molecule has 0 aromatic rings. The SMILES string of the molecule is CC(C)OCCN1CCS(=O)(=O)C[C@@H](O)C1. The summed E-state index contributed by atoms with van der Waals surface area (Å²) in [6.45, 7) is 6.07. The third-order valence-corrected chi connectivity index (χ3v) is 4.19. The Morgan fingerprint density at radius 3 is 2.81 bits per heavy atom. The highest BCUT2D eigenvalue weighted by atomic mass is 32.2. The highest BCUT2D eigenvalue weighted by molar-refractivity contribution is 7.91. The Morgan fingerprint density at radius 2 is 2.19 bits per heavy atom. The number of β-amino-alcohol motifs (C(OH)–C–C–N with tert-alkyl or cyclic N) is 1. The average molecular weight is 251 g/mol. The molecule has 0 bridgehead atoms. The van der Waals surface area contributed by atoms with Crippen LogP contribution < -0.4 is 0 Å². The molecular formula is C10H21NO4S. The summed E-state index contributed by atoms with van der Waals surface area (Å²) in [4.78, 5) is 1.94. The minimum absolute atomic E-state index is 0.117. The quantitative estimate of drug-likeness (QED) is 0.730. The van der Waals surface area contributed by atoms with Crippen LogP contribution in [0.1, 0.15) is 13.8 Å². The van der Waals surface area contributed by atoms with E-state index in [1.165, 1.54) is 0 Å². The fourth-order valence-corrected chi connectivity index (χ4v) is 3.10. The van der Waals surface area contributed by atoms with E-state index in [0.717, 1.165) is 0 Å². The van der Waals surface area contributed by atoms with Crippen LogP contribution in [-0.4, -0.2) is 68.4 Å². The molecule has 1 aliphatic heterocycles. The fraction of sp³-hybridized carbons (Fsp3) is 1.00. The molecule has 1 rings (SSSR count). The summed E-state index contributed by atoms with van der Waals surface area (Å²) in [7, 11) is -3.08. The number of aliphatic hydroxyl groups is 1. The highest BCUT2D eigenvalue weighted by Crippen LogP contribution is 2.05. The van der Waals surface area contributed by atoms with Crippen molar-refractivity contribution < 1.29 is 18.3 Å². The zero-order valence-electron chi connectivity index (χ0n) is 9.92. The maximum atomic E-state index is 11.4. The molecule has 0 aromatic heterocycles. The van der Waals surface area contributed by atoms with E-state index in [9.17, 15) is 13.5 Å². The van der Waals surface area contributed by atoms with E-state index in [0.29, 0.717) is 26.2 Å². The molecule has 0 aromatic carbocycles. The van der Waals surface area contributed by atoms with Gasteiger partial charge in [0, 0.05) is 19.6 Å². The van der Waals surface area contributed by atoms with Crippen molar-refractivity contribution in [2.24, 2.45) is 0 Å². The van der Waals surface area contributed by atoms with Gasteiger partial charge in [0.2, 0.25) is 0 Å². The van der Waals surface area contributed by atoms with Crippen molar-refractivity contribution in [3.8, 4) is 0 Å². The van der Waals surface area contributed by atoms with Crippen molar-refractivity contribution in [2.45, 2.75) is 26.1 Å². The topological polar surface area (TPSA) is 66.8 Å². The second-order valence-corrected chi connectivity index (χ2v) is 6.72. The molecular weight excluding hydrogens is 230 g/mol. The molecule has 1 N–H and O–H groups in total. The molecule has 1 fully saturated rings. The predicted molar refractivity (Wildman–Crippen MR) is 62.2 cm³/mol. The van der Waals surface area contributed by atoms with Crippen molar-refractivity contribution in [3.05, 3.63) is 0 Å². The molecule has 5 nitrogen and oxygen atoms in total. The first kappa shape index (κ1) is 13.9. The fourth-order valence-electron chi connectivity index (χ4n) is 1.71. The number of hydrogen-bond acceptors (Lipinski definition) is 5. The van der Waals surface area contributed by atoms with Gasteiger partial charge >= 0.3 is 0 Å². The summed E-state index contributed by atoms with van der Waals surface area (Å²) < 4.78 is 28.2. The Morgan fingerprint density at radius 1 is 1.50 bits per heavy atom. The van der Waals surface area contributed by atoms with Crippen LogP contribution >= 0.6 is 0 Å². The van der Waals surface area contributed by atoms with Crippen molar-refractivity contribution in [1.82, 2.24) is 4.90 Å². The monoisotopic (exact) mass is 251 g/mol. The lowest BCUT2D eigenvalue weighted by Crippen LogP contribution is -2.35. The number of sulfone groups is 1. The second-order valence-electron chi connectivity index (χ2n) is 4.49. The largest absolute Gasteiger partial charge is 0.391 e. The van der Waals surface area contributed by atoms with Gasteiger partial charge in [0.15, 0.2) is 9.84 Å². The van der Waals surface area contributed by atoms with E-state index >= 15 is 0 Å². The minimum Gasteiger partial charge on any atom is -0.391 e. The summed E-state index contributed by atoms with van der Waals surface area (Å²) in [5.74, 6) is 0.0142. The van der Waals surface area contributed by atoms with Gasteiger partial charge in [0.1, 0.15) is 0 Å². The van der Waals surface area contributed by atoms with Gasteiger partial charge in [-0.1, -0.05) is 0 Å². The second kappa shape index (κ2) is 5.95. The van der Waals surface area contributed by atoms with Crippen LogP contribution in [0.2, 0.25) is 0 Å². The van der Waals surface area contributed by atoms with E-state index in [2.05, 4.69) is 0 Å². The molecule has 16 heavy (non-hydrogen) atoms. The van der Waals surface area contributed by atoms with Gasteiger partial charge in [-0.25, -0.2) is 8.42 Å². The van der Waals surface area contributed by atoms with E-state index in [4.69, 9.17) is 4.74 Å². The number of nitrogens with zero attached hydrogens (tertiary/aromatic N) is 1. The van der Waals surface area contributed by atoms with Crippen molar-refractivity contribution in [1.29, 1.82) is 0 Å². The van der Waals surface area contributed by atoms with Crippen LogP contribution in [0, 0.1) is 0 Å². The summed E-state index contributed by atoms with van der Waals surface area (Å²) >= 11 is 0. The third-order valence-electron chi connectivity index (χ3n) is 2.49. The molecule has 0 radical (unpaired) electrons. The van der Waals surface area contributed by atoms with Gasteiger partial charge in [-0.05, 0) is 13.8 Å². The molecule has 1 saturated heterocycles. The third kappa shape index (κ3) is 5.25. The van der Waals surface area contributed by atoms with Gasteiger partial charge in [0.05, 0.1) is 30.3 Å². The minimum atomic E-state index is -3.08. The van der Waals surface area contributed by atoms with E-state index < -0.39 is 15.9 Å². The zero-order chi connectivity index (χ0) is 12.2. The standard InChI is InChI=1S/C10H21NO4S/c1-9(2)15-5-3-11-4-6-16(13,14)8-10(12)7-11/h9-10,12H,3-8H2,1-2H3/t10-/m0/s1. The predicted octanol–water partition coefficient (Wildman–Crippen LogP) is -0.497. The van der Waals surface area contributed by atoms with Crippen LogP contribution in [-0.2, 0) is 14.6 Å². The molecule has 96 valence electrons. The van der Waals surface area contributed by atoms with Crippen LogP contribution in [0.15, 0.2) is 0 Å². The number of ether oxygens (including phenoxy) is 1. The van der Waals surface area contributed by atoms with Crippen LogP contribution in [0.25, 0.3) is 0 Å². The smallest absolute Gasteiger partial charge is 0.154 e. The molecule has 0 aliphatic carbocycles. The van der Waals surface area contributed by atoms with Gasteiger partial charge in [-0.15, -0.1) is 0 Å². The van der Waals surface area contributed by atoms with Gasteiger partial charge in [-0.3, -0.25) is 4.90 Å². The Balaban J connectivity index is 2.38. The normalized spacial score (nSPS) is 26.9. The summed E-state index contributed by atoms with van der Waals surface area (Å²) in [5.41, 5.74) is 0. The Labute approximate surface area is 97.3 Å². The molecule has 1 atom stereocenters. The molecule has 0 unspecified atom stereocenters. The van der Waals surface area contributed by atoms with Gasteiger partial charge in [0.25, 0.3) is 0 Å². The molecule has 0 spiro atoms. The van der Waals surface area contributed by atoms with Crippen LogP contribution in [0.5, 0.6) is 0 Å². The zero-order valence-corrected chi connectivity index (χ0v) is 10.7. The lowest BCUT2D eigenvalue weighted by Gasteiger charge is -2.21. The van der Waals surface area contributed by atoms with Crippen molar-refractivity contribution >= 4 is 9.84 Å². The van der Waals surface area contributed by atoms with E-state index in [1.54, 1.807) is 0 Å². The summed E-state index contributed by atoms with van der Waals surface area (Å²) in [6, 6.07) is 0. The molecule has 1 aliphatic rings. The van der Waals surface area contributed by atoms with E-state index in [1.807, 2.05) is 18.7 Å². The van der Waals surface area contributed by atoms with Crippen molar-refractivity contribution in [2.75, 3.05) is 37.7 Å². The van der Waals surface area contributed by atoms with Gasteiger partial charge < -0.3 is 9.84 Å². The summed E-state index contributed by atoms with van der Waals surface area (Å²) in [6.07, 6.45) is -0.591. The highest BCUT2D eigenvalue weighted by Gasteiger charge is 2.25. The van der Waals surface area contributed by atoms with E-state index in [-0.39, 0.29) is 17.6 Å². The number of aliphatic hydroxyl groups excluding tert-OH is 1. The molecule has 6 heteroatoms. The number of hydrogen-bond donors (Lipinski definition) is 1. The lowest BCUT2D eigenvalue weighted by molar-refractivity contribution is 0.0505. The average Bonchev–Trinajstić information content (AvgIpc) is 2.23. The number of rotatable bonds is 4. The van der Waals surface area contributed by atoms with Crippen molar-refractivity contribution in [3.63, 3.8) is 0 Å². The molecule has 0 saturated carbocycles. The maximum absolute atomic E-state index is 11.4. The van der Waals surface area contributed by atoms with Crippen LogP contribution in [0.3, 0.4) is 0 Å². The molecule has 0 amide bonds.